The number of carbonyl (C=O) groups is 1. The monoisotopic (exact) mass is 259 g/mol. The van der Waals surface area contributed by atoms with Crippen molar-refractivity contribution >= 4 is 5.91 Å². The summed E-state index contributed by atoms with van der Waals surface area (Å²) < 4.78 is 0. The van der Waals surface area contributed by atoms with Crippen molar-refractivity contribution in [1.82, 2.24) is 4.90 Å². The highest BCUT2D eigenvalue weighted by Crippen LogP contribution is 2.16. The Hall–Kier alpha value is -1.31. The maximum Gasteiger partial charge on any atom is 0.222 e. The molecule has 0 atom stereocenters. The van der Waals surface area contributed by atoms with Crippen LogP contribution in [0.15, 0.2) is 24.3 Å². The summed E-state index contributed by atoms with van der Waals surface area (Å²) in [4.78, 5) is 14.0. The molecule has 1 aliphatic rings. The molecule has 0 aliphatic carbocycles. The van der Waals surface area contributed by atoms with Crippen LogP contribution in [0.1, 0.15) is 50.7 Å². The minimum absolute atomic E-state index is 0.323. The van der Waals surface area contributed by atoms with E-state index in [1.807, 2.05) is 4.90 Å². The highest BCUT2D eigenvalue weighted by molar-refractivity contribution is 5.76. The Labute approximate surface area is 116 Å². The normalized spacial score (nSPS) is 16.8. The first-order valence-electron chi connectivity index (χ1n) is 7.51. The lowest BCUT2D eigenvalue weighted by atomic mass is 10.0. The first-order valence-corrected chi connectivity index (χ1v) is 7.51. The van der Waals surface area contributed by atoms with Crippen molar-refractivity contribution in [3.05, 3.63) is 35.4 Å². The summed E-state index contributed by atoms with van der Waals surface area (Å²) in [5, 5.41) is 0. The quantitative estimate of drug-likeness (QED) is 0.805. The number of benzene rings is 1. The van der Waals surface area contributed by atoms with Crippen molar-refractivity contribution in [2.45, 2.75) is 52.5 Å². The molecule has 1 aliphatic heterocycles. The van der Waals surface area contributed by atoms with Crippen LogP contribution in [0.4, 0.5) is 0 Å². The number of likely N-dealkylation sites (tertiary alicyclic amines) is 1. The van der Waals surface area contributed by atoms with Gasteiger partial charge in [-0.1, -0.05) is 44.5 Å². The van der Waals surface area contributed by atoms with Crippen LogP contribution in [-0.2, 0) is 17.8 Å². The number of amides is 1. The molecule has 1 fully saturated rings. The average molecular weight is 259 g/mol. The molecule has 0 saturated carbocycles. The fourth-order valence-electron chi connectivity index (χ4n) is 2.68. The molecule has 0 radical (unpaired) electrons. The highest BCUT2D eigenvalue weighted by atomic mass is 16.2. The van der Waals surface area contributed by atoms with Crippen molar-refractivity contribution in [3.63, 3.8) is 0 Å². The van der Waals surface area contributed by atoms with Crippen molar-refractivity contribution in [2.24, 2.45) is 5.92 Å². The Morgan fingerprint density at radius 3 is 2.42 bits per heavy atom. The number of hydrogen-bond donors (Lipinski definition) is 0. The van der Waals surface area contributed by atoms with Gasteiger partial charge in [0.25, 0.3) is 0 Å². The second kappa shape index (κ2) is 6.74. The number of hydrogen-bond acceptors (Lipinski definition) is 1. The molecule has 0 N–H and O–H groups in total. The molecule has 1 aromatic rings. The number of rotatable bonds is 4. The van der Waals surface area contributed by atoms with E-state index in [0.29, 0.717) is 11.8 Å². The van der Waals surface area contributed by atoms with Crippen LogP contribution in [0.2, 0.25) is 0 Å². The van der Waals surface area contributed by atoms with Crippen LogP contribution in [0.3, 0.4) is 0 Å². The summed E-state index contributed by atoms with van der Waals surface area (Å²) in [5.41, 5.74) is 2.64. The van der Waals surface area contributed by atoms with Crippen molar-refractivity contribution in [2.75, 3.05) is 6.54 Å². The molecule has 0 unspecified atom stereocenters. The van der Waals surface area contributed by atoms with E-state index in [4.69, 9.17) is 0 Å². The second-order valence-electron chi connectivity index (χ2n) is 6.04. The molecule has 1 aromatic carbocycles. The molecular weight excluding hydrogens is 234 g/mol. The minimum Gasteiger partial charge on any atom is -0.338 e. The van der Waals surface area contributed by atoms with Crippen LogP contribution in [-0.4, -0.2) is 17.4 Å². The maximum atomic E-state index is 12.0. The maximum absolute atomic E-state index is 12.0. The van der Waals surface area contributed by atoms with E-state index in [9.17, 15) is 4.79 Å². The van der Waals surface area contributed by atoms with E-state index in [1.54, 1.807) is 0 Å². The van der Waals surface area contributed by atoms with Gasteiger partial charge in [-0.3, -0.25) is 4.79 Å². The van der Waals surface area contributed by atoms with Gasteiger partial charge < -0.3 is 4.90 Å². The summed E-state index contributed by atoms with van der Waals surface area (Å²) in [6.07, 6.45) is 5.25. The van der Waals surface area contributed by atoms with E-state index in [0.717, 1.165) is 38.8 Å². The predicted molar refractivity (Wildman–Crippen MR) is 78.9 cm³/mol. The molecule has 104 valence electrons. The van der Waals surface area contributed by atoms with Gasteiger partial charge in [-0.25, -0.2) is 0 Å². The lowest BCUT2D eigenvalue weighted by molar-refractivity contribution is -0.131. The molecule has 0 aromatic heterocycles. The Balaban J connectivity index is 1.96. The molecule has 2 nitrogen and oxygen atoms in total. The van der Waals surface area contributed by atoms with Gasteiger partial charge in [-0.15, -0.1) is 0 Å². The Kier molecular flexibility index (Phi) is 5.00. The Morgan fingerprint density at radius 2 is 1.74 bits per heavy atom. The van der Waals surface area contributed by atoms with Gasteiger partial charge in [0.15, 0.2) is 0 Å². The Morgan fingerprint density at radius 1 is 1.05 bits per heavy atom. The van der Waals surface area contributed by atoms with Crippen molar-refractivity contribution in [3.8, 4) is 0 Å². The van der Waals surface area contributed by atoms with Crippen molar-refractivity contribution in [1.29, 1.82) is 0 Å². The molecule has 2 heteroatoms. The van der Waals surface area contributed by atoms with Crippen LogP contribution in [0.25, 0.3) is 0 Å². The summed E-state index contributed by atoms with van der Waals surface area (Å²) >= 11 is 0. The minimum atomic E-state index is 0.323. The van der Waals surface area contributed by atoms with E-state index in [1.165, 1.54) is 17.5 Å². The van der Waals surface area contributed by atoms with Gasteiger partial charge in [-0.2, -0.15) is 0 Å². The fraction of sp³-hybridized carbons (Fsp3) is 0.588. The van der Waals surface area contributed by atoms with E-state index in [2.05, 4.69) is 38.1 Å². The molecule has 19 heavy (non-hydrogen) atoms. The Bertz CT molecular complexity index is 408. The standard InChI is InChI=1S/C17H25NO/c1-14(2)12-15-7-9-16(10-8-15)13-18-11-5-3-4-6-17(18)19/h7-10,14H,3-6,11-13H2,1-2H3. The third-order valence-electron chi connectivity index (χ3n) is 3.71. The molecule has 1 heterocycles. The third kappa shape index (κ3) is 4.38. The highest BCUT2D eigenvalue weighted by Gasteiger charge is 2.16. The zero-order valence-corrected chi connectivity index (χ0v) is 12.2. The van der Waals surface area contributed by atoms with Gasteiger partial charge in [0.05, 0.1) is 0 Å². The van der Waals surface area contributed by atoms with Gasteiger partial charge in [0.2, 0.25) is 5.91 Å². The average Bonchev–Trinajstić information content (AvgIpc) is 2.57. The van der Waals surface area contributed by atoms with Crippen LogP contribution in [0, 0.1) is 5.92 Å². The summed E-state index contributed by atoms with van der Waals surface area (Å²) in [5.74, 6) is 1.02. The van der Waals surface area contributed by atoms with E-state index >= 15 is 0 Å². The smallest absolute Gasteiger partial charge is 0.222 e. The van der Waals surface area contributed by atoms with E-state index in [-0.39, 0.29) is 0 Å². The van der Waals surface area contributed by atoms with Gasteiger partial charge in [-0.05, 0) is 36.3 Å². The SMILES string of the molecule is CC(C)Cc1ccc(CN2CCCCCC2=O)cc1. The zero-order valence-electron chi connectivity index (χ0n) is 12.2. The van der Waals surface area contributed by atoms with Gasteiger partial charge in [0.1, 0.15) is 0 Å². The molecule has 1 saturated heterocycles. The van der Waals surface area contributed by atoms with Crippen LogP contribution >= 0.6 is 0 Å². The van der Waals surface area contributed by atoms with Crippen molar-refractivity contribution < 1.29 is 4.79 Å². The van der Waals surface area contributed by atoms with E-state index < -0.39 is 0 Å². The van der Waals surface area contributed by atoms with Gasteiger partial charge >= 0.3 is 0 Å². The second-order valence-corrected chi connectivity index (χ2v) is 6.04. The third-order valence-corrected chi connectivity index (χ3v) is 3.71. The molecule has 2 rings (SSSR count). The molecule has 1 amide bonds. The molecular formula is C17H25NO. The lowest BCUT2D eigenvalue weighted by Crippen LogP contribution is -2.29. The molecule has 0 bridgehead atoms. The fourth-order valence-corrected chi connectivity index (χ4v) is 2.68. The van der Waals surface area contributed by atoms with Crippen LogP contribution < -0.4 is 0 Å². The first-order chi connectivity index (χ1) is 9.15. The zero-order chi connectivity index (χ0) is 13.7. The van der Waals surface area contributed by atoms with Gasteiger partial charge in [0, 0.05) is 19.5 Å². The first kappa shape index (κ1) is 14.1. The number of nitrogens with zero attached hydrogens (tertiary/aromatic N) is 1. The van der Waals surface area contributed by atoms with Crippen LogP contribution in [0.5, 0.6) is 0 Å². The lowest BCUT2D eigenvalue weighted by Gasteiger charge is -2.20. The molecule has 0 spiro atoms. The largest absolute Gasteiger partial charge is 0.338 e. The predicted octanol–water partition coefficient (Wildman–Crippen LogP) is 3.79. The summed E-state index contributed by atoms with van der Waals surface area (Å²) in [7, 11) is 0. The topological polar surface area (TPSA) is 20.3 Å². The number of carbonyl (C=O) groups excluding carboxylic acids is 1. The summed E-state index contributed by atoms with van der Waals surface area (Å²) in [6.45, 7) is 6.18. The summed E-state index contributed by atoms with van der Waals surface area (Å²) in [6, 6.07) is 8.76.